The molecule has 49 heavy (non-hydrogen) atoms. The Labute approximate surface area is 290 Å². The lowest BCUT2D eigenvalue weighted by atomic mass is 9.84. The molecule has 1 amide bonds. The molecule has 9 nitrogen and oxygen atoms in total. The van der Waals surface area contributed by atoms with Gasteiger partial charge in [-0.15, -0.1) is 22.0 Å². The molecule has 11 heteroatoms. The summed E-state index contributed by atoms with van der Waals surface area (Å²) in [5.41, 5.74) is 3.21. The smallest absolute Gasteiger partial charge is 0.243 e. The van der Waals surface area contributed by atoms with Gasteiger partial charge in [0.25, 0.3) is 0 Å². The third-order valence-electron chi connectivity index (χ3n) is 9.02. The van der Waals surface area contributed by atoms with Crippen molar-refractivity contribution in [2.45, 2.75) is 33.9 Å². The Morgan fingerprint density at radius 1 is 0.816 bits per heavy atom. The van der Waals surface area contributed by atoms with Crippen LogP contribution in [0.15, 0.2) is 138 Å². The third kappa shape index (κ3) is 6.37. The summed E-state index contributed by atoms with van der Waals surface area (Å²) in [6.45, 7) is 0.258. The number of nitrogens with zero attached hydrogens (tertiary/aromatic N) is 6. The van der Waals surface area contributed by atoms with Crippen LogP contribution in [-0.2, 0) is 33.2 Å². The number of carbonyl (C=O) groups excluding carboxylic acids is 1. The number of tetrazole rings is 1. The van der Waals surface area contributed by atoms with Gasteiger partial charge in [0.2, 0.25) is 15.9 Å². The molecule has 6 aromatic rings. The maximum atomic E-state index is 14.6. The standard InChI is InChI=1S/C38H36N6O3S2/c1-42(27-36-39-41-43(2)40-36)37(45)35-25-33(26-44(35)49(46,47)34-23-22-28-14-12-13-15-29(28)24-34)48-38(30-16-6-3-7-17-30,31-18-8-4-9-19-31)32-20-10-5-11-21-32/h3-24,33,35H,25-27H2,1-2H3/t33-,35+/m1/s1. The molecular formula is C38H36N6O3S2. The van der Waals surface area contributed by atoms with E-state index in [1.165, 1.54) is 14.0 Å². The summed E-state index contributed by atoms with van der Waals surface area (Å²) in [5.74, 6) is 0.0621. The van der Waals surface area contributed by atoms with E-state index < -0.39 is 20.8 Å². The van der Waals surface area contributed by atoms with Crippen molar-refractivity contribution < 1.29 is 13.2 Å². The first-order valence-electron chi connectivity index (χ1n) is 16.1. The predicted octanol–water partition coefficient (Wildman–Crippen LogP) is 5.88. The van der Waals surface area contributed by atoms with E-state index in [4.69, 9.17) is 0 Å². The molecule has 0 bridgehead atoms. The van der Waals surface area contributed by atoms with Gasteiger partial charge in [0.1, 0.15) is 6.04 Å². The number of sulfonamides is 1. The number of hydrogen-bond donors (Lipinski definition) is 0. The number of rotatable bonds is 10. The second kappa shape index (κ2) is 13.6. The zero-order valence-electron chi connectivity index (χ0n) is 27.2. The van der Waals surface area contributed by atoms with Crippen molar-refractivity contribution in [1.29, 1.82) is 0 Å². The van der Waals surface area contributed by atoms with Crippen LogP contribution in [0.3, 0.4) is 0 Å². The van der Waals surface area contributed by atoms with Gasteiger partial charge in [-0.2, -0.15) is 9.10 Å². The lowest BCUT2D eigenvalue weighted by Gasteiger charge is -2.37. The quantitative estimate of drug-likeness (QED) is 0.166. The van der Waals surface area contributed by atoms with Crippen LogP contribution < -0.4 is 0 Å². The Bertz CT molecular complexity index is 2080. The van der Waals surface area contributed by atoms with Gasteiger partial charge in [0.05, 0.1) is 23.2 Å². The first-order chi connectivity index (χ1) is 23.8. The summed E-state index contributed by atoms with van der Waals surface area (Å²) in [5, 5.41) is 13.7. The van der Waals surface area contributed by atoms with Crippen LogP contribution in [0, 0.1) is 0 Å². The van der Waals surface area contributed by atoms with Crippen LogP contribution in [0.5, 0.6) is 0 Å². The van der Waals surface area contributed by atoms with E-state index in [1.807, 2.05) is 84.9 Å². The van der Waals surface area contributed by atoms with E-state index in [1.54, 1.807) is 38.0 Å². The molecule has 1 fully saturated rings. The average Bonchev–Trinajstić information content (AvgIpc) is 3.77. The molecule has 248 valence electrons. The normalized spacial score (nSPS) is 16.9. The summed E-state index contributed by atoms with van der Waals surface area (Å²) in [7, 11) is -0.769. The third-order valence-corrected chi connectivity index (χ3v) is 12.6. The highest BCUT2D eigenvalue weighted by Gasteiger charge is 2.49. The molecule has 0 spiro atoms. The number of thioether (sulfide) groups is 1. The van der Waals surface area contributed by atoms with E-state index in [0.717, 1.165) is 27.5 Å². The molecular weight excluding hydrogens is 653 g/mol. The summed E-state index contributed by atoms with van der Waals surface area (Å²) in [6, 6.07) is 42.8. The molecule has 2 heterocycles. The van der Waals surface area contributed by atoms with Crippen molar-refractivity contribution in [3.8, 4) is 0 Å². The van der Waals surface area contributed by atoms with Crippen LogP contribution in [-0.4, -0.2) is 68.6 Å². The van der Waals surface area contributed by atoms with Crippen LogP contribution in [0.1, 0.15) is 28.9 Å². The Hall–Kier alpha value is -4.84. The molecule has 5 aromatic carbocycles. The Balaban J connectivity index is 1.31. The molecule has 0 radical (unpaired) electrons. The molecule has 0 aliphatic carbocycles. The van der Waals surface area contributed by atoms with Crippen molar-refractivity contribution in [1.82, 2.24) is 29.4 Å². The van der Waals surface area contributed by atoms with Crippen molar-refractivity contribution >= 4 is 38.5 Å². The Kier molecular flexibility index (Phi) is 9.06. The van der Waals surface area contributed by atoms with Crippen LogP contribution >= 0.6 is 11.8 Å². The van der Waals surface area contributed by atoms with Crippen molar-refractivity contribution in [2.24, 2.45) is 7.05 Å². The fraction of sp³-hybridized carbons (Fsp3) is 0.211. The first kappa shape index (κ1) is 32.7. The fourth-order valence-corrected chi connectivity index (χ4v) is 10.3. The highest BCUT2D eigenvalue weighted by atomic mass is 32.2. The fourth-order valence-electron chi connectivity index (χ4n) is 6.71. The Morgan fingerprint density at radius 3 is 1.92 bits per heavy atom. The molecule has 1 aliphatic rings. The van der Waals surface area contributed by atoms with E-state index in [2.05, 4.69) is 51.8 Å². The minimum atomic E-state index is -4.08. The first-order valence-corrected chi connectivity index (χ1v) is 18.4. The zero-order valence-corrected chi connectivity index (χ0v) is 28.8. The average molecular weight is 689 g/mol. The van der Waals surface area contributed by atoms with E-state index >= 15 is 0 Å². The van der Waals surface area contributed by atoms with Gasteiger partial charge in [-0.05, 0) is 51.2 Å². The molecule has 0 unspecified atom stereocenters. The summed E-state index contributed by atoms with van der Waals surface area (Å²) in [6.07, 6.45) is 0.322. The molecule has 0 saturated carbocycles. The SMILES string of the molecule is CN(Cc1nnn(C)n1)C(=O)[C@@H]1C[C@@H](SC(c2ccccc2)(c2ccccc2)c2ccccc2)CN1S(=O)(=O)c1ccc2ccccc2c1. The van der Waals surface area contributed by atoms with E-state index in [-0.39, 0.29) is 29.1 Å². The minimum absolute atomic E-state index is 0.104. The lowest BCUT2D eigenvalue weighted by Crippen LogP contribution is -2.46. The summed E-state index contributed by atoms with van der Waals surface area (Å²) in [4.78, 5) is 17.3. The van der Waals surface area contributed by atoms with Gasteiger partial charge in [-0.1, -0.05) is 121 Å². The maximum Gasteiger partial charge on any atom is 0.243 e. The van der Waals surface area contributed by atoms with Gasteiger partial charge in [-0.3, -0.25) is 4.79 Å². The molecule has 1 aliphatic heterocycles. The maximum absolute atomic E-state index is 14.6. The van der Waals surface area contributed by atoms with E-state index in [0.29, 0.717) is 12.2 Å². The van der Waals surface area contributed by atoms with Gasteiger partial charge in [0, 0.05) is 18.8 Å². The number of benzene rings is 5. The Morgan fingerprint density at radius 2 is 1.37 bits per heavy atom. The molecule has 2 atom stereocenters. The zero-order chi connectivity index (χ0) is 34.0. The van der Waals surface area contributed by atoms with Crippen molar-refractivity contribution in [3.63, 3.8) is 0 Å². The number of fused-ring (bicyclic) bond motifs is 1. The van der Waals surface area contributed by atoms with Gasteiger partial charge in [-0.25, -0.2) is 8.42 Å². The number of aromatic nitrogens is 4. The highest BCUT2D eigenvalue weighted by Crippen LogP contribution is 2.52. The summed E-state index contributed by atoms with van der Waals surface area (Å²) < 4.78 is 29.9. The topological polar surface area (TPSA) is 101 Å². The van der Waals surface area contributed by atoms with Crippen LogP contribution in [0.25, 0.3) is 10.8 Å². The monoisotopic (exact) mass is 688 g/mol. The molecule has 7 rings (SSSR count). The largest absolute Gasteiger partial charge is 0.337 e. The molecule has 1 aromatic heterocycles. The number of hydrogen-bond acceptors (Lipinski definition) is 7. The van der Waals surface area contributed by atoms with Gasteiger partial charge < -0.3 is 4.90 Å². The predicted molar refractivity (Wildman–Crippen MR) is 192 cm³/mol. The number of carbonyl (C=O) groups is 1. The van der Waals surface area contributed by atoms with Crippen LogP contribution in [0.2, 0.25) is 0 Å². The van der Waals surface area contributed by atoms with Gasteiger partial charge in [0.15, 0.2) is 5.82 Å². The highest BCUT2D eigenvalue weighted by molar-refractivity contribution is 8.01. The molecule has 0 N–H and O–H groups in total. The lowest BCUT2D eigenvalue weighted by molar-refractivity contribution is -0.133. The number of aryl methyl sites for hydroxylation is 1. The molecule has 1 saturated heterocycles. The number of amides is 1. The van der Waals surface area contributed by atoms with Crippen LogP contribution in [0.4, 0.5) is 0 Å². The summed E-state index contributed by atoms with van der Waals surface area (Å²) >= 11 is 1.70. The second-order valence-electron chi connectivity index (χ2n) is 12.2. The van der Waals surface area contributed by atoms with Crippen molar-refractivity contribution in [3.05, 3.63) is 156 Å². The minimum Gasteiger partial charge on any atom is -0.337 e. The van der Waals surface area contributed by atoms with Gasteiger partial charge >= 0.3 is 0 Å². The second-order valence-corrected chi connectivity index (χ2v) is 15.6. The van der Waals surface area contributed by atoms with Crippen molar-refractivity contribution in [2.75, 3.05) is 13.6 Å². The number of likely N-dealkylation sites (N-methyl/N-ethyl adjacent to an activating group) is 1. The van der Waals surface area contributed by atoms with E-state index in [9.17, 15) is 13.2 Å².